The molecule has 4 nitrogen and oxygen atoms in total. The van der Waals surface area contributed by atoms with E-state index in [4.69, 9.17) is 9.47 Å². The first-order valence-corrected chi connectivity index (χ1v) is 14.6. The van der Waals surface area contributed by atoms with Crippen LogP contribution in [-0.4, -0.2) is 18.4 Å². The highest BCUT2D eigenvalue weighted by molar-refractivity contribution is 7.79. The van der Waals surface area contributed by atoms with Crippen LogP contribution in [0.25, 0.3) is 11.1 Å². The van der Waals surface area contributed by atoms with Crippen LogP contribution in [0.4, 0.5) is 0 Å². The molecule has 2 aliphatic heterocycles. The van der Waals surface area contributed by atoms with Crippen LogP contribution in [-0.2, 0) is 9.13 Å². The van der Waals surface area contributed by atoms with Gasteiger partial charge in [-0.1, -0.05) is 78.9 Å². The molecule has 2 heterocycles. The second kappa shape index (κ2) is 7.37. The van der Waals surface area contributed by atoms with Gasteiger partial charge in [0, 0.05) is 11.0 Å². The molecule has 160 valence electrons. The van der Waals surface area contributed by atoms with Gasteiger partial charge in [-0.2, -0.15) is 0 Å². The number of fused-ring (bicyclic) bond motifs is 2. The maximum atomic E-state index is 14.4. The van der Waals surface area contributed by atoms with E-state index in [2.05, 4.69) is 6.08 Å². The zero-order valence-corrected chi connectivity index (χ0v) is 19.2. The average molecular weight is 460 g/mol. The minimum absolute atomic E-state index is 0.0937. The molecule has 32 heavy (non-hydrogen) atoms. The Morgan fingerprint density at radius 1 is 0.719 bits per heavy atom. The Hall–Kier alpha value is -2.80. The fourth-order valence-electron chi connectivity index (χ4n) is 4.94. The van der Waals surface area contributed by atoms with Gasteiger partial charge in [0.15, 0.2) is 14.3 Å². The van der Waals surface area contributed by atoms with Gasteiger partial charge in [-0.3, -0.25) is 0 Å². The Morgan fingerprint density at radius 3 is 2.12 bits per heavy atom. The molecule has 0 radical (unpaired) electrons. The van der Waals surface area contributed by atoms with Gasteiger partial charge in [0.1, 0.15) is 24.2 Å². The monoisotopic (exact) mass is 460 g/mol. The molecule has 0 bridgehead atoms. The standard InChI is InChI=1S/C26H22O4P2/c27-31(19-9-3-1-4-10-19)17-29-23-15-7-13-21(25(23)31)22-14-8-16-24-26(22)32(28,18-30-24)20-11-5-2-6-12-20/h1-11,13-16,20H,12,17-18H2/t20?,31-,32-/m1/s1. The van der Waals surface area contributed by atoms with Crippen molar-refractivity contribution in [3.8, 4) is 22.6 Å². The molecule has 0 spiro atoms. The molecule has 3 aromatic carbocycles. The largest absolute Gasteiger partial charge is 0.485 e. The Labute approximate surface area is 187 Å². The van der Waals surface area contributed by atoms with Crippen molar-refractivity contribution >= 4 is 30.2 Å². The first-order chi connectivity index (χ1) is 15.6. The highest BCUT2D eigenvalue weighted by Gasteiger charge is 2.45. The lowest BCUT2D eigenvalue weighted by molar-refractivity contribution is 0.392. The lowest BCUT2D eigenvalue weighted by Gasteiger charge is -2.23. The number of hydrogen-bond donors (Lipinski definition) is 0. The van der Waals surface area contributed by atoms with Crippen molar-refractivity contribution in [3.63, 3.8) is 0 Å². The summed E-state index contributed by atoms with van der Waals surface area (Å²) in [7, 11) is -5.86. The van der Waals surface area contributed by atoms with Gasteiger partial charge in [0.05, 0.1) is 10.6 Å². The molecule has 6 rings (SSSR count). The first-order valence-electron chi connectivity index (χ1n) is 10.7. The van der Waals surface area contributed by atoms with Crippen molar-refractivity contribution < 1.29 is 18.6 Å². The van der Waals surface area contributed by atoms with Gasteiger partial charge in [-0.05, 0) is 29.7 Å². The van der Waals surface area contributed by atoms with Crippen LogP contribution in [0.3, 0.4) is 0 Å². The summed E-state index contributed by atoms with van der Waals surface area (Å²) in [6.07, 6.45) is 9.11. The van der Waals surface area contributed by atoms with Crippen molar-refractivity contribution in [2.75, 3.05) is 12.7 Å². The van der Waals surface area contributed by atoms with E-state index in [1.54, 1.807) is 0 Å². The summed E-state index contributed by atoms with van der Waals surface area (Å²) in [4.78, 5) is 0. The third-order valence-corrected chi connectivity index (χ3v) is 12.5. The number of rotatable bonds is 3. The van der Waals surface area contributed by atoms with E-state index in [1.807, 2.05) is 85.0 Å². The van der Waals surface area contributed by atoms with Crippen molar-refractivity contribution in [2.24, 2.45) is 0 Å². The maximum Gasteiger partial charge on any atom is 0.183 e. The molecule has 3 aromatic rings. The molecule has 0 fully saturated rings. The van der Waals surface area contributed by atoms with Gasteiger partial charge < -0.3 is 18.6 Å². The molecule has 6 heteroatoms. The summed E-state index contributed by atoms with van der Waals surface area (Å²) in [6, 6.07) is 21.1. The van der Waals surface area contributed by atoms with Crippen LogP contribution < -0.4 is 25.4 Å². The number of ether oxygens (including phenoxy) is 2. The quantitative estimate of drug-likeness (QED) is 0.502. The lowest BCUT2D eigenvalue weighted by atomic mass is 10.0. The van der Waals surface area contributed by atoms with E-state index in [0.29, 0.717) is 11.5 Å². The number of allylic oxidation sites excluding steroid dienone is 4. The predicted molar refractivity (Wildman–Crippen MR) is 130 cm³/mol. The molecule has 0 saturated heterocycles. The van der Waals surface area contributed by atoms with Gasteiger partial charge in [-0.15, -0.1) is 0 Å². The summed E-state index contributed by atoms with van der Waals surface area (Å²) in [5.41, 5.74) is 1.57. The summed E-state index contributed by atoms with van der Waals surface area (Å²) >= 11 is 0. The summed E-state index contributed by atoms with van der Waals surface area (Å²) in [6.45, 7) is 0. The van der Waals surface area contributed by atoms with E-state index in [1.165, 1.54) is 0 Å². The van der Waals surface area contributed by atoms with Gasteiger partial charge in [0.2, 0.25) is 0 Å². The highest BCUT2D eigenvalue weighted by atomic mass is 31.2. The highest BCUT2D eigenvalue weighted by Crippen LogP contribution is 2.60. The number of benzene rings is 3. The third kappa shape index (κ3) is 2.83. The van der Waals surface area contributed by atoms with E-state index in [9.17, 15) is 9.13 Å². The van der Waals surface area contributed by atoms with Crippen LogP contribution in [0.15, 0.2) is 91.0 Å². The van der Waals surface area contributed by atoms with Gasteiger partial charge >= 0.3 is 0 Å². The molecule has 3 aliphatic rings. The first kappa shape index (κ1) is 19.9. The van der Waals surface area contributed by atoms with Crippen LogP contribution in [0, 0.1) is 0 Å². The Bertz CT molecular complexity index is 1370. The Morgan fingerprint density at radius 2 is 1.41 bits per heavy atom. The van der Waals surface area contributed by atoms with E-state index < -0.39 is 14.3 Å². The number of hydrogen-bond acceptors (Lipinski definition) is 4. The third-order valence-electron chi connectivity index (χ3n) is 6.51. The van der Waals surface area contributed by atoms with Crippen LogP contribution >= 0.6 is 14.3 Å². The summed E-state index contributed by atoms with van der Waals surface area (Å²) < 4.78 is 40.7. The minimum atomic E-state index is -2.99. The molecule has 0 amide bonds. The smallest absolute Gasteiger partial charge is 0.183 e. The van der Waals surface area contributed by atoms with E-state index >= 15 is 0 Å². The lowest BCUT2D eigenvalue weighted by Crippen LogP contribution is -2.20. The summed E-state index contributed by atoms with van der Waals surface area (Å²) in [5.74, 6) is 1.31. The SMILES string of the molecule is O=[P@@]1(c2ccccc2)COc2cccc(-c3cccc4c3[P@](=O)(C3C=CC=CC3)CO4)c21. The second-order valence-electron chi connectivity index (χ2n) is 8.34. The van der Waals surface area contributed by atoms with Crippen LogP contribution in [0.1, 0.15) is 6.42 Å². The Kier molecular flexibility index (Phi) is 4.57. The van der Waals surface area contributed by atoms with Crippen LogP contribution in [0.5, 0.6) is 11.5 Å². The topological polar surface area (TPSA) is 52.6 Å². The van der Waals surface area contributed by atoms with E-state index in [-0.39, 0.29) is 18.4 Å². The molecule has 1 aliphatic carbocycles. The normalized spacial score (nSPS) is 27.4. The molecule has 0 saturated carbocycles. The molecular formula is C26H22O4P2. The van der Waals surface area contributed by atoms with Crippen molar-refractivity contribution in [2.45, 2.75) is 12.1 Å². The fourth-order valence-corrected chi connectivity index (χ4v) is 10.5. The fraction of sp³-hybridized carbons (Fsp3) is 0.154. The molecule has 0 N–H and O–H groups in total. The summed E-state index contributed by atoms with van der Waals surface area (Å²) in [5, 5.41) is 2.26. The average Bonchev–Trinajstić information content (AvgIpc) is 3.39. The molecular weight excluding hydrogens is 438 g/mol. The minimum Gasteiger partial charge on any atom is -0.485 e. The van der Waals surface area contributed by atoms with Crippen molar-refractivity contribution in [3.05, 3.63) is 91.0 Å². The van der Waals surface area contributed by atoms with Gasteiger partial charge in [-0.25, -0.2) is 0 Å². The Balaban J connectivity index is 1.58. The van der Waals surface area contributed by atoms with Gasteiger partial charge in [0.25, 0.3) is 0 Å². The maximum absolute atomic E-state index is 14.4. The molecule has 3 atom stereocenters. The second-order valence-corrected chi connectivity index (χ2v) is 14.0. The van der Waals surface area contributed by atoms with Crippen molar-refractivity contribution in [1.82, 2.24) is 0 Å². The van der Waals surface area contributed by atoms with Crippen LogP contribution in [0.2, 0.25) is 0 Å². The predicted octanol–water partition coefficient (Wildman–Crippen LogP) is 5.24. The van der Waals surface area contributed by atoms with Crippen molar-refractivity contribution in [1.29, 1.82) is 0 Å². The van der Waals surface area contributed by atoms with E-state index in [0.717, 1.165) is 33.5 Å². The molecule has 1 unspecified atom stereocenters. The zero-order chi connectivity index (χ0) is 21.8. The zero-order valence-electron chi connectivity index (χ0n) is 17.4. The molecule has 0 aromatic heterocycles.